The van der Waals surface area contributed by atoms with E-state index in [-0.39, 0.29) is 0 Å². The molecule has 0 aliphatic carbocycles. The predicted octanol–water partition coefficient (Wildman–Crippen LogP) is 3.01. The van der Waals surface area contributed by atoms with E-state index < -0.39 is 0 Å². The van der Waals surface area contributed by atoms with Crippen LogP contribution in [0.2, 0.25) is 0 Å². The summed E-state index contributed by atoms with van der Waals surface area (Å²) in [5.74, 6) is 0. The number of thiophene rings is 1. The van der Waals surface area contributed by atoms with Gasteiger partial charge in [0.25, 0.3) is 0 Å². The highest BCUT2D eigenvalue weighted by Crippen LogP contribution is 2.11. The molecule has 1 aromatic carbocycles. The second-order valence-corrected chi connectivity index (χ2v) is 3.79. The molecule has 2 rings (SSSR count). The number of benzene rings is 1. The van der Waals surface area contributed by atoms with E-state index in [9.17, 15) is 5.21 Å². The molecule has 0 aliphatic heterocycles. The lowest BCUT2D eigenvalue weighted by Gasteiger charge is -2.00. The zero-order valence-electron chi connectivity index (χ0n) is 7.46. The van der Waals surface area contributed by atoms with Crippen molar-refractivity contribution < 1.29 is 4.74 Å². The Morgan fingerprint density at radius 1 is 1.07 bits per heavy atom. The summed E-state index contributed by atoms with van der Waals surface area (Å²) >= 11 is 1.55. The average Bonchev–Trinajstić information content (AvgIpc) is 2.72. The fourth-order valence-corrected chi connectivity index (χ4v) is 1.76. The first kappa shape index (κ1) is 8.97. The van der Waals surface area contributed by atoms with Crippen molar-refractivity contribution in [2.24, 2.45) is 0 Å². The van der Waals surface area contributed by atoms with Crippen molar-refractivity contribution in [3.8, 4) is 0 Å². The topological polar surface area (TPSA) is 26.1 Å². The van der Waals surface area contributed by atoms with Gasteiger partial charge in [-0.1, -0.05) is 24.3 Å². The summed E-state index contributed by atoms with van der Waals surface area (Å²) in [6.45, 7) is 0. The molecule has 0 amide bonds. The molecule has 1 heterocycles. The van der Waals surface area contributed by atoms with Crippen molar-refractivity contribution in [2.75, 3.05) is 0 Å². The van der Waals surface area contributed by atoms with Crippen LogP contribution in [-0.4, -0.2) is 11.0 Å². The molecule has 0 N–H and O–H groups in total. The van der Waals surface area contributed by atoms with E-state index in [1.54, 1.807) is 29.7 Å². The summed E-state index contributed by atoms with van der Waals surface area (Å²) in [7, 11) is 0. The molecule has 0 bridgehead atoms. The molecule has 14 heavy (non-hydrogen) atoms. The highest BCUT2D eigenvalue weighted by molar-refractivity contribution is 7.11. The van der Waals surface area contributed by atoms with Crippen molar-refractivity contribution in [3.05, 3.63) is 57.9 Å². The summed E-state index contributed by atoms with van der Waals surface area (Å²) in [5.41, 5.74) is 0.654. The second-order valence-electron chi connectivity index (χ2n) is 2.81. The number of nitrogens with zero attached hydrogens (tertiary/aromatic N) is 1. The van der Waals surface area contributed by atoms with Gasteiger partial charge in [0.2, 0.25) is 5.69 Å². The summed E-state index contributed by atoms with van der Waals surface area (Å²) in [5, 5.41) is 13.5. The molecule has 0 fully saturated rings. The van der Waals surface area contributed by atoms with Gasteiger partial charge in [-0.2, -0.15) is 4.74 Å². The maximum Gasteiger partial charge on any atom is 0.216 e. The standard InChI is InChI=1S/C11H9NOS/c13-12(9-11-7-4-8-14-11)10-5-2-1-3-6-10/h1-9H. The number of hydrogen-bond donors (Lipinski definition) is 0. The van der Waals surface area contributed by atoms with Crippen LogP contribution in [0.15, 0.2) is 47.8 Å². The Bertz CT molecular complexity index is 420. The van der Waals surface area contributed by atoms with Gasteiger partial charge < -0.3 is 5.21 Å². The summed E-state index contributed by atoms with van der Waals surface area (Å²) < 4.78 is 0.881. The molecule has 2 aromatic rings. The van der Waals surface area contributed by atoms with Crippen LogP contribution in [0.3, 0.4) is 0 Å². The van der Waals surface area contributed by atoms with E-state index in [1.807, 2.05) is 35.7 Å². The largest absolute Gasteiger partial charge is 0.618 e. The second kappa shape index (κ2) is 4.07. The minimum atomic E-state index is 0.654. The van der Waals surface area contributed by atoms with E-state index in [1.165, 1.54) is 0 Å². The van der Waals surface area contributed by atoms with Crippen LogP contribution in [0.25, 0.3) is 0 Å². The number of rotatable bonds is 2. The quantitative estimate of drug-likeness (QED) is 0.319. The minimum absolute atomic E-state index is 0.654. The summed E-state index contributed by atoms with van der Waals surface area (Å²) in [6.07, 6.45) is 1.58. The van der Waals surface area contributed by atoms with Crippen molar-refractivity contribution in [1.82, 2.24) is 0 Å². The monoisotopic (exact) mass is 203 g/mol. The van der Waals surface area contributed by atoms with Gasteiger partial charge in [-0.25, -0.2) is 0 Å². The number of para-hydroxylation sites is 1. The number of hydrogen-bond acceptors (Lipinski definition) is 2. The third-order valence-electron chi connectivity index (χ3n) is 1.80. The Labute approximate surface area is 86.3 Å². The first-order valence-corrected chi connectivity index (χ1v) is 5.14. The third kappa shape index (κ3) is 2.00. The Kier molecular flexibility index (Phi) is 2.60. The van der Waals surface area contributed by atoms with Gasteiger partial charge in [-0.3, -0.25) is 0 Å². The lowest BCUT2D eigenvalue weighted by atomic mass is 10.3. The van der Waals surface area contributed by atoms with Crippen LogP contribution in [-0.2, 0) is 0 Å². The fourth-order valence-electron chi connectivity index (χ4n) is 1.13. The highest BCUT2D eigenvalue weighted by Gasteiger charge is 1.99. The average molecular weight is 203 g/mol. The van der Waals surface area contributed by atoms with Gasteiger partial charge in [0.1, 0.15) is 0 Å². The molecule has 0 unspecified atom stereocenters. The van der Waals surface area contributed by atoms with Crippen LogP contribution < -0.4 is 0 Å². The lowest BCUT2D eigenvalue weighted by molar-refractivity contribution is -0.354. The zero-order valence-corrected chi connectivity index (χ0v) is 8.28. The Hall–Kier alpha value is -1.61. The van der Waals surface area contributed by atoms with Crippen molar-refractivity contribution in [3.63, 3.8) is 0 Å². The molecule has 0 aliphatic rings. The van der Waals surface area contributed by atoms with Gasteiger partial charge in [-0.15, -0.1) is 11.3 Å². The predicted molar refractivity (Wildman–Crippen MR) is 59.2 cm³/mol. The molecule has 3 heteroatoms. The van der Waals surface area contributed by atoms with Gasteiger partial charge >= 0.3 is 0 Å². The molecule has 0 spiro atoms. The first-order chi connectivity index (χ1) is 6.86. The fraction of sp³-hybridized carbons (Fsp3) is 0. The Balaban J connectivity index is 2.29. The SMILES string of the molecule is [O-][N+](=Cc1cccs1)c1ccccc1. The molecule has 1 aromatic heterocycles. The lowest BCUT2D eigenvalue weighted by Crippen LogP contribution is -1.96. The molecule has 0 saturated heterocycles. The van der Waals surface area contributed by atoms with Gasteiger partial charge in [0.05, 0.1) is 4.88 Å². The molecular formula is C11H9NOS. The molecular weight excluding hydrogens is 194 g/mol. The van der Waals surface area contributed by atoms with E-state index in [2.05, 4.69) is 0 Å². The van der Waals surface area contributed by atoms with Gasteiger partial charge in [0, 0.05) is 12.1 Å². The Morgan fingerprint density at radius 3 is 2.50 bits per heavy atom. The van der Waals surface area contributed by atoms with E-state index >= 15 is 0 Å². The van der Waals surface area contributed by atoms with Crippen LogP contribution in [0, 0.1) is 5.21 Å². The molecule has 0 radical (unpaired) electrons. The van der Waals surface area contributed by atoms with Crippen LogP contribution in [0.1, 0.15) is 4.88 Å². The maximum absolute atomic E-state index is 11.6. The van der Waals surface area contributed by atoms with Gasteiger partial charge in [-0.05, 0) is 11.4 Å². The third-order valence-corrected chi connectivity index (χ3v) is 2.61. The van der Waals surface area contributed by atoms with Gasteiger partial charge in [0.15, 0.2) is 6.21 Å². The molecule has 70 valence electrons. The highest BCUT2D eigenvalue weighted by atomic mass is 32.1. The minimum Gasteiger partial charge on any atom is -0.618 e. The normalized spacial score (nSPS) is 11.6. The summed E-state index contributed by atoms with van der Waals surface area (Å²) in [4.78, 5) is 0.962. The molecule has 0 saturated carbocycles. The van der Waals surface area contributed by atoms with Crippen LogP contribution in [0.4, 0.5) is 5.69 Å². The Morgan fingerprint density at radius 2 is 1.86 bits per heavy atom. The van der Waals surface area contributed by atoms with Crippen molar-refractivity contribution in [2.45, 2.75) is 0 Å². The van der Waals surface area contributed by atoms with E-state index in [0.717, 1.165) is 9.62 Å². The van der Waals surface area contributed by atoms with Crippen molar-refractivity contribution in [1.29, 1.82) is 0 Å². The zero-order chi connectivity index (χ0) is 9.80. The van der Waals surface area contributed by atoms with Crippen molar-refractivity contribution >= 4 is 23.2 Å². The van der Waals surface area contributed by atoms with Crippen LogP contribution >= 0.6 is 11.3 Å². The van der Waals surface area contributed by atoms with E-state index in [0.29, 0.717) is 5.69 Å². The molecule has 2 nitrogen and oxygen atoms in total. The summed E-state index contributed by atoms with van der Waals surface area (Å²) in [6, 6.07) is 13.0. The van der Waals surface area contributed by atoms with Crippen LogP contribution in [0.5, 0.6) is 0 Å². The maximum atomic E-state index is 11.6. The van der Waals surface area contributed by atoms with E-state index in [4.69, 9.17) is 0 Å². The molecule has 0 atom stereocenters. The first-order valence-electron chi connectivity index (χ1n) is 4.26. The smallest absolute Gasteiger partial charge is 0.216 e.